The predicted octanol–water partition coefficient (Wildman–Crippen LogP) is 2.49. The molecule has 0 spiro atoms. The van der Waals surface area contributed by atoms with Crippen molar-refractivity contribution in [1.29, 1.82) is 0 Å². The molecule has 0 aliphatic carbocycles. The van der Waals surface area contributed by atoms with Crippen LogP contribution in [0.4, 0.5) is 4.79 Å². The van der Waals surface area contributed by atoms with Crippen LogP contribution in [0.5, 0.6) is 5.75 Å². The van der Waals surface area contributed by atoms with Crippen LogP contribution in [0.25, 0.3) is 0 Å². The first kappa shape index (κ1) is 18.3. The molecule has 1 aliphatic heterocycles. The molecule has 7 nitrogen and oxygen atoms in total. The van der Waals surface area contributed by atoms with Crippen LogP contribution < -0.4 is 10.1 Å². The van der Waals surface area contributed by atoms with Gasteiger partial charge in [-0.15, -0.1) is 0 Å². The Bertz CT molecular complexity index is 683. The van der Waals surface area contributed by atoms with Gasteiger partial charge in [-0.2, -0.15) is 0 Å². The molecule has 1 aliphatic rings. The maximum Gasteiger partial charge on any atom is 0.317 e. The number of H-pyrrole nitrogens is 1. The van der Waals surface area contributed by atoms with Crippen LogP contribution in [-0.2, 0) is 11.3 Å². The molecule has 26 heavy (non-hydrogen) atoms. The number of nitrogens with one attached hydrogen (secondary N) is 2. The highest BCUT2D eigenvalue weighted by Gasteiger charge is 2.22. The third-order valence-electron chi connectivity index (χ3n) is 4.27. The lowest BCUT2D eigenvalue weighted by Gasteiger charge is -2.25. The van der Waals surface area contributed by atoms with Gasteiger partial charge in [0, 0.05) is 25.0 Å². The van der Waals surface area contributed by atoms with Crippen molar-refractivity contribution in [2.45, 2.75) is 32.4 Å². The van der Waals surface area contributed by atoms with Crippen molar-refractivity contribution in [2.24, 2.45) is 0 Å². The molecular weight excluding hydrogens is 332 g/mol. The van der Waals surface area contributed by atoms with E-state index in [4.69, 9.17) is 9.47 Å². The first-order valence-corrected chi connectivity index (χ1v) is 9.03. The zero-order valence-corrected chi connectivity index (χ0v) is 15.1. The molecule has 1 fully saturated rings. The average Bonchev–Trinajstić information content (AvgIpc) is 3.31. The van der Waals surface area contributed by atoms with Gasteiger partial charge in [-0.1, -0.05) is 18.2 Å². The number of aryl methyl sites for hydroxylation is 1. The minimum Gasteiger partial charge on any atom is -0.492 e. The van der Waals surface area contributed by atoms with Crippen molar-refractivity contribution in [1.82, 2.24) is 20.2 Å². The lowest BCUT2D eigenvalue weighted by Crippen LogP contribution is -2.45. The van der Waals surface area contributed by atoms with Crippen molar-refractivity contribution in [3.63, 3.8) is 0 Å². The monoisotopic (exact) mass is 358 g/mol. The van der Waals surface area contributed by atoms with Crippen molar-refractivity contribution >= 4 is 6.03 Å². The molecule has 2 N–H and O–H groups in total. The van der Waals surface area contributed by atoms with E-state index in [2.05, 4.69) is 15.3 Å². The van der Waals surface area contributed by atoms with Crippen LogP contribution in [0.15, 0.2) is 36.5 Å². The second-order valence-electron chi connectivity index (χ2n) is 6.41. The van der Waals surface area contributed by atoms with Gasteiger partial charge in [0.1, 0.15) is 18.2 Å². The summed E-state index contributed by atoms with van der Waals surface area (Å²) in [7, 11) is 0. The van der Waals surface area contributed by atoms with Crippen molar-refractivity contribution < 1.29 is 14.3 Å². The van der Waals surface area contributed by atoms with Crippen LogP contribution in [0, 0.1) is 6.92 Å². The Morgan fingerprint density at radius 1 is 1.42 bits per heavy atom. The van der Waals surface area contributed by atoms with Crippen molar-refractivity contribution in [3.8, 4) is 5.75 Å². The summed E-state index contributed by atoms with van der Waals surface area (Å²) in [6.45, 7) is 4.58. The van der Waals surface area contributed by atoms with Gasteiger partial charge in [0.25, 0.3) is 0 Å². The molecule has 1 aromatic carbocycles. The van der Waals surface area contributed by atoms with Gasteiger partial charge >= 0.3 is 6.03 Å². The summed E-state index contributed by atoms with van der Waals surface area (Å²) in [6.07, 6.45) is 3.88. The Kier molecular flexibility index (Phi) is 6.49. The van der Waals surface area contributed by atoms with E-state index in [1.165, 1.54) is 0 Å². The third-order valence-corrected chi connectivity index (χ3v) is 4.27. The van der Waals surface area contributed by atoms with E-state index in [9.17, 15) is 4.79 Å². The van der Waals surface area contributed by atoms with Gasteiger partial charge in [-0.25, -0.2) is 9.78 Å². The molecule has 0 unspecified atom stereocenters. The van der Waals surface area contributed by atoms with Gasteiger partial charge in [-0.3, -0.25) is 0 Å². The maximum atomic E-state index is 12.6. The molecule has 140 valence electrons. The lowest BCUT2D eigenvalue weighted by atomic mass is 10.2. The van der Waals surface area contributed by atoms with Gasteiger partial charge in [0.2, 0.25) is 0 Å². The van der Waals surface area contributed by atoms with E-state index < -0.39 is 0 Å². The summed E-state index contributed by atoms with van der Waals surface area (Å²) in [5.74, 6) is 1.55. The van der Waals surface area contributed by atoms with E-state index in [1.54, 1.807) is 11.1 Å². The number of hydrogen-bond acceptors (Lipinski definition) is 4. The van der Waals surface area contributed by atoms with E-state index in [0.717, 1.165) is 36.7 Å². The molecule has 7 heteroatoms. The van der Waals surface area contributed by atoms with Crippen LogP contribution in [0.1, 0.15) is 24.4 Å². The molecule has 1 atom stereocenters. The zero-order chi connectivity index (χ0) is 18.2. The Hall–Kier alpha value is -2.54. The number of aromatic amines is 1. The summed E-state index contributed by atoms with van der Waals surface area (Å²) in [5, 5.41) is 2.92. The summed E-state index contributed by atoms with van der Waals surface area (Å²) in [5.41, 5.74) is 0.974. The molecule has 0 bridgehead atoms. The van der Waals surface area contributed by atoms with Gasteiger partial charge in [0.15, 0.2) is 0 Å². The molecule has 1 aromatic heterocycles. The highest BCUT2D eigenvalue weighted by Crippen LogP contribution is 2.14. The van der Waals surface area contributed by atoms with E-state index in [0.29, 0.717) is 26.2 Å². The van der Waals surface area contributed by atoms with E-state index in [1.807, 2.05) is 37.3 Å². The summed E-state index contributed by atoms with van der Waals surface area (Å²) in [4.78, 5) is 21.7. The summed E-state index contributed by atoms with van der Waals surface area (Å²) < 4.78 is 11.4. The first-order chi connectivity index (χ1) is 12.7. The highest BCUT2D eigenvalue weighted by atomic mass is 16.5. The van der Waals surface area contributed by atoms with Gasteiger partial charge in [0.05, 0.1) is 19.2 Å². The maximum absolute atomic E-state index is 12.6. The van der Waals surface area contributed by atoms with Gasteiger partial charge < -0.3 is 24.7 Å². The Morgan fingerprint density at radius 3 is 2.96 bits per heavy atom. The number of rotatable bonds is 8. The minimum atomic E-state index is -0.133. The number of imidazole rings is 1. The fraction of sp³-hybridized carbons (Fsp3) is 0.474. The fourth-order valence-corrected chi connectivity index (χ4v) is 2.93. The average molecular weight is 358 g/mol. The molecule has 1 saturated heterocycles. The first-order valence-electron chi connectivity index (χ1n) is 9.03. The highest BCUT2D eigenvalue weighted by molar-refractivity contribution is 5.74. The number of amides is 2. The van der Waals surface area contributed by atoms with Crippen LogP contribution in [-0.4, -0.2) is 53.3 Å². The Morgan fingerprint density at radius 2 is 2.27 bits per heavy atom. The van der Waals surface area contributed by atoms with Gasteiger partial charge in [-0.05, 0) is 31.9 Å². The van der Waals surface area contributed by atoms with E-state index in [-0.39, 0.29) is 12.1 Å². The molecule has 2 aromatic rings. The Labute approximate surface area is 153 Å². The number of carbonyl (C=O) groups is 1. The van der Waals surface area contributed by atoms with Crippen molar-refractivity contribution in [3.05, 3.63) is 48.0 Å². The summed E-state index contributed by atoms with van der Waals surface area (Å²) in [6, 6.07) is 9.48. The topological polar surface area (TPSA) is 79.5 Å². The number of benzene rings is 1. The quantitative estimate of drug-likeness (QED) is 0.760. The predicted molar refractivity (Wildman–Crippen MR) is 98.0 cm³/mol. The molecule has 0 radical (unpaired) electrons. The molecular formula is C19H26N4O3. The minimum absolute atomic E-state index is 0.100. The lowest BCUT2D eigenvalue weighted by molar-refractivity contribution is 0.0773. The third kappa shape index (κ3) is 5.49. The molecule has 2 amide bonds. The van der Waals surface area contributed by atoms with Crippen LogP contribution in [0.2, 0.25) is 0 Å². The second kappa shape index (κ2) is 9.24. The molecule has 0 saturated carbocycles. The van der Waals surface area contributed by atoms with Crippen LogP contribution >= 0.6 is 0 Å². The number of urea groups is 1. The Balaban J connectivity index is 1.51. The fourth-order valence-electron chi connectivity index (χ4n) is 2.93. The number of para-hydroxylation sites is 1. The number of carbonyl (C=O) groups excluding carboxylic acids is 1. The van der Waals surface area contributed by atoms with Crippen molar-refractivity contribution in [2.75, 3.05) is 26.3 Å². The zero-order valence-electron chi connectivity index (χ0n) is 15.1. The molecule has 2 heterocycles. The van der Waals surface area contributed by atoms with Crippen LogP contribution in [0.3, 0.4) is 0 Å². The standard InChI is InChI=1S/C19H26N4O3/c1-15-12-20-18(22-15)13-21-19(24)23(14-17-8-5-10-25-17)9-11-26-16-6-3-2-4-7-16/h2-4,6-7,12,17H,5,8-11,13-14H2,1H3,(H,20,22)(H,21,24)/t17-/m1/s1. The summed E-state index contributed by atoms with van der Waals surface area (Å²) >= 11 is 0. The normalized spacial score (nSPS) is 16.4. The molecule has 3 rings (SSSR count). The smallest absolute Gasteiger partial charge is 0.317 e. The number of ether oxygens (including phenoxy) is 2. The second-order valence-corrected chi connectivity index (χ2v) is 6.41. The number of aromatic nitrogens is 2. The number of nitrogens with zero attached hydrogens (tertiary/aromatic N) is 2. The largest absolute Gasteiger partial charge is 0.492 e. The number of hydrogen-bond donors (Lipinski definition) is 2. The van der Waals surface area contributed by atoms with E-state index >= 15 is 0 Å². The SMILES string of the molecule is Cc1cnc(CNC(=O)N(CCOc2ccccc2)C[C@H]2CCCO2)[nH]1.